The van der Waals surface area contributed by atoms with E-state index in [1.165, 1.54) is 32.1 Å². The third-order valence-corrected chi connectivity index (χ3v) is 3.10. The van der Waals surface area contributed by atoms with Crippen molar-refractivity contribution in [2.45, 2.75) is 58.9 Å². The van der Waals surface area contributed by atoms with Gasteiger partial charge in [0.25, 0.3) is 0 Å². The zero-order valence-corrected chi connectivity index (χ0v) is 12.0. The molecule has 0 radical (unpaired) electrons. The van der Waals surface area contributed by atoms with E-state index < -0.39 is 0 Å². The van der Waals surface area contributed by atoms with Gasteiger partial charge < -0.3 is 0 Å². The molecule has 0 saturated carbocycles. The summed E-state index contributed by atoms with van der Waals surface area (Å²) < 4.78 is 1.96. The van der Waals surface area contributed by atoms with E-state index in [1.54, 1.807) is 0 Å². The maximum absolute atomic E-state index is 4.19. The standard InChI is InChI=1S/C13H25N3S/c1-12(2)7-5-3-4-6-9-16-11-13(8-10-17)14-15-16/h11-12,17H,3-10H2,1-2H3. The zero-order chi connectivity index (χ0) is 12.5. The highest BCUT2D eigenvalue weighted by molar-refractivity contribution is 7.80. The summed E-state index contributed by atoms with van der Waals surface area (Å²) in [5.41, 5.74) is 1.06. The van der Waals surface area contributed by atoms with Crippen LogP contribution in [0.5, 0.6) is 0 Å². The molecular weight excluding hydrogens is 230 g/mol. The van der Waals surface area contributed by atoms with Gasteiger partial charge in [-0.05, 0) is 18.1 Å². The van der Waals surface area contributed by atoms with Crippen molar-refractivity contribution in [2.75, 3.05) is 5.75 Å². The van der Waals surface area contributed by atoms with Crippen LogP contribution in [0.25, 0.3) is 0 Å². The first-order valence-corrected chi connectivity index (χ1v) is 7.35. The highest BCUT2D eigenvalue weighted by Gasteiger charge is 1.99. The third kappa shape index (κ3) is 6.71. The fraction of sp³-hybridized carbons (Fsp3) is 0.846. The van der Waals surface area contributed by atoms with Crippen LogP contribution in [-0.4, -0.2) is 20.7 Å². The number of hydrogen-bond donors (Lipinski definition) is 1. The number of rotatable bonds is 9. The molecule has 0 fully saturated rings. The molecule has 0 spiro atoms. The number of aromatic nitrogens is 3. The molecule has 0 aliphatic rings. The normalized spacial score (nSPS) is 11.3. The Balaban J connectivity index is 2.05. The Morgan fingerprint density at radius 1 is 1.24 bits per heavy atom. The molecule has 0 atom stereocenters. The number of thiol groups is 1. The lowest BCUT2D eigenvalue weighted by Gasteiger charge is -2.04. The van der Waals surface area contributed by atoms with Crippen LogP contribution in [-0.2, 0) is 13.0 Å². The van der Waals surface area contributed by atoms with Crippen LogP contribution < -0.4 is 0 Å². The molecule has 0 aromatic carbocycles. The van der Waals surface area contributed by atoms with Gasteiger partial charge in [-0.2, -0.15) is 12.6 Å². The summed E-state index contributed by atoms with van der Waals surface area (Å²) in [6.07, 6.45) is 9.53. The number of nitrogens with zero attached hydrogens (tertiary/aromatic N) is 3. The van der Waals surface area contributed by atoms with Crippen molar-refractivity contribution in [3.8, 4) is 0 Å². The largest absolute Gasteiger partial charge is 0.252 e. The molecule has 3 nitrogen and oxygen atoms in total. The second kappa shape index (κ2) is 8.56. The number of aryl methyl sites for hydroxylation is 2. The van der Waals surface area contributed by atoms with E-state index in [9.17, 15) is 0 Å². The second-order valence-corrected chi connectivity index (χ2v) is 5.49. The Labute approximate surface area is 110 Å². The predicted molar refractivity (Wildman–Crippen MR) is 75.5 cm³/mol. The number of hydrogen-bond acceptors (Lipinski definition) is 3. The molecule has 0 saturated heterocycles. The first-order chi connectivity index (χ1) is 8.22. The van der Waals surface area contributed by atoms with Gasteiger partial charge >= 0.3 is 0 Å². The molecule has 0 aliphatic carbocycles. The van der Waals surface area contributed by atoms with Gasteiger partial charge in [0.1, 0.15) is 0 Å². The van der Waals surface area contributed by atoms with Crippen LogP contribution in [0.1, 0.15) is 51.6 Å². The zero-order valence-electron chi connectivity index (χ0n) is 11.1. The molecule has 1 heterocycles. The van der Waals surface area contributed by atoms with Crippen LogP contribution in [0.2, 0.25) is 0 Å². The van der Waals surface area contributed by atoms with Gasteiger partial charge in [-0.15, -0.1) is 5.10 Å². The fourth-order valence-corrected chi connectivity index (χ4v) is 2.09. The Morgan fingerprint density at radius 2 is 2.00 bits per heavy atom. The van der Waals surface area contributed by atoms with Crippen molar-refractivity contribution < 1.29 is 0 Å². The molecule has 0 bridgehead atoms. The van der Waals surface area contributed by atoms with Crippen molar-refractivity contribution >= 4 is 12.6 Å². The molecule has 0 unspecified atom stereocenters. The quantitative estimate of drug-likeness (QED) is 0.542. The molecule has 1 rings (SSSR count). The molecule has 0 aliphatic heterocycles. The van der Waals surface area contributed by atoms with Crippen LogP contribution in [0.15, 0.2) is 6.20 Å². The minimum Gasteiger partial charge on any atom is -0.252 e. The highest BCUT2D eigenvalue weighted by Crippen LogP contribution is 2.10. The maximum Gasteiger partial charge on any atom is 0.0835 e. The van der Waals surface area contributed by atoms with E-state index in [1.807, 2.05) is 10.9 Å². The van der Waals surface area contributed by atoms with Crippen molar-refractivity contribution in [2.24, 2.45) is 5.92 Å². The maximum atomic E-state index is 4.19. The second-order valence-electron chi connectivity index (χ2n) is 5.04. The van der Waals surface area contributed by atoms with E-state index in [2.05, 4.69) is 36.8 Å². The summed E-state index contributed by atoms with van der Waals surface area (Å²) in [5, 5.41) is 8.22. The first kappa shape index (κ1) is 14.6. The average Bonchev–Trinajstić information content (AvgIpc) is 2.71. The third-order valence-electron chi connectivity index (χ3n) is 2.87. The van der Waals surface area contributed by atoms with E-state index in [4.69, 9.17) is 0 Å². The Hall–Kier alpha value is -0.510. The molecule has 98 valence electrons. The van der Waals surface area contributed by atoms with Gasteiger partial charge in [0.05, 0.1) is 5.69 Å². The molecule has 17 heavy (non-hydrogen) atoms. The summed E-state index contributed by atoms with van der Waals surface area (Å²) in [7, 11) is 0. The lowest BCUT2D eigenvalue weighted by molar-refractivity contribution is 0.489. The van der Waals surface area contributed by atoms with Crippen LogP contribution in [0.4, 0.5) is 0 Å². The topological polar surface area (TPSA) is 30.7 Å². The summed E-state index contributed by atoms with van der Waals surface area (Å²) in [5.74, 6) is 1.68. The van der Waals surface area contributed by atoms with Crippen molar-refractivity contribution in [1.29, 1.82) is 0 Å². The van der Waals surface area contributed by atoms with Crippen LogP contribution >= 0.6 is 12.6 Å². The Kier molecular flexibility index (Phi) is 7.33. The van der Waals surface area contributed by atoms with E-state index in [0.717, 1.165) is 30.3 Å². The van der Waals surface area contributed by atoms with Crippen LogP contribution in [0.3, 0.4) is 0 Å². The summed E-state index contributed by atoms with van der Waals surface area (Å²) in [6, 6.07) is 0. The SMILES string of the molecule is CC(C)CCCCCCn1cc(CCS)nn1. The summed E-state index contributed by atoms with van der Waals surface area (Å²) in [6.45, 7) is 5.58. The van der Waals surface area contributed by atoms with Gasteiger partial charge in [-0.3, -0.25) is 4.68 Å². The van der Waals surface area contributed by atoms with Crippen molar-refractivity contribution in [3.05, 3.63) is 11.9 Å². The monoisotopic (exact) mass is 255 g/mol. The molecule has 1 aromatic rings. The van der Waals surface area contributed by atoms with Gasteiger partial charge in [0, 0.05) is 19.2 Å². The van der Waals surface area contributed by atoms with Gasteiger partial charge in [-0.1, -0.05) is 44.7 Å². The smallest absolute Gasteiger partial charge is 0.0835 e. The van der Waals surface area contributed by atoms with Crippen LogP contribution in [0, 0.1) is 5.92 Å². The Bertz CT molecular complexity index is 297. The first-order valence-electron chi connectivity index (χ1n) is 6.72. The Morgan fingerprint density at radius 3 is 2.71 bits per heavy atom. The van der Waals surface area contributed by atoms with E-state index in [-0.39, 0.29) is 0 Å². The fourth-order valence-electron chi connectivity index (χ4n) is 1.86. The van der Waals surface area contributed by atoms with Gasteiger partial charge in [-0.25, -0.2) is 0 Å². The van der Waals surface area contributed by atoms with Crippen molar-refractivity contribution in [3.63, 3.8) is 0 Å². The van der Waals surface area contributed by atoms with Gasteiger partial charge in [0.2, 0.25) is 0 Å². The molecular formula is C13H25N3S. The highest BCUT2D eigenvalue weighted by atomic mass is 32.1. The minimum absolute atomic E-state index is 0.841. The van der Waals surface area contributed by atoms with E-state index >= 15 is 0 Å². The summed E-state index contributed by atoms with van der Waals surface area (Å²) in [4.78, 5) is 0. The average molecular weight is 255 g/mol. The number of unbranched alkanes of at least 4 members (excludes halogenated alkanes) is 3. The lowest BCUT2D eigenvalue weighted by atomic mass is 10.0. The van der Waals surface area contributed by atoms with E-state index in [0.29, 0.717) is 0 Å². The molecule has 0 N–H and O–H groups in total. The molecule has 1 aromatic heterocycles. The lowest BCUT2D eigenvalue weighted by Crippen LogP contribution is -1.98. The predicted octanol–water partition coefficient (Wildman–Crippen LogP) is 3.36. The van der Waals surface area contributed by atoms with Crippen molar-refractivity contribution in [1.82, 2.24) is 15.0 Å². The molecule has 0 amide bonds. The summed E-state index contributed by atoms with van der Waals surface area (Å²) >= 11 is 4.19. The minimum atomic E-state index is 0.841. The van der Waals surface area contributed by atoms with Gasteiger partial charge in [0.15, 0.2) is 0 Å². The molecule has 4 heteroatoms.